The van der Waals surface area contributed by atoms with Gasteiger partial charge in [0.1, 0.15) is 0 Å². The number of carbonyl (C=O) groups is 4. The Labute approximate surface area is 221 Å². The number of ether oxygens (including phenoxy) is 4. The van der Waals surface area contributed by atoms with Crippen LogP contribution in [0.3, 0.4) is 0 Å². The minimum Gasteiger partial charge on any atom is -0.378 e. The van der Waals surface area contributed by atoms with E-state index >= 15 is 0 Å². The number of imide groups is 1. The van der Waals surface area contributed by atoms with Crippen molar-refractivity contribution in [2.75, 3.05) is 78.2 Å². The molecule has 0 aromatic carbocycles. The maximum atomic E-state index is 12.0. The average Bonchev–Trinajstić information content (AvgIpc) is 3.52. The highest BCUT2D eigenvalue weighted by atomic mass is 32.2. The van der Waals surface area contributed by atoms with Gasteiger partial charge in [0, 0.05) is 43.5 Å². The molecule has 210 valence electrons. The lowest BCUT2D eigenvalue weighted by Crippen LogP contribution is -2.44. The number of hydrogen-bond donors (Lipinski definition) is 2. The summed E-state index contributed by atoms with van der Waals surface area (Å²) in [7, 11) is 0. The quantitative estimate of drug-likeness (QED) is 0.123. The number of amides is 4. The van der Waals surface area contributed by atoms with Crippen molar-refractivity contribution < 1.29 is 43.0 Å². The Morgan fingerprint density at radius 2 is 1.54 bits per heavy atom. The average molecular weight is 547 g/mol. The van der Waals surface area contributed by atoms with E-state index in [1.165, 1.54) is 0 Å². The first kappa shape index (κ1) is 29.6. The lowest BCUT2D eigenvalue weighted by Gasteiger charge is -2.26. The normalized spacial score (nSPS) is 23.2. The minimum atomic E-state index is -0.690. The van der Waals surface area contributed by atoms with E-state index in [4.69, 9.17) is 23.8 Å². The molecule has 4 amide bonds. The molecule has 0 radical (unpaired) electrons. The summed E-state index contributed by atoms with van der Waals surface area (Å²) < 4.78 is 21.7. The second-order valence-corrected chi connectivity index (χ2v) is 9.93. The van der Waals surface area contributed by atoms with Crippen LogP contribution in [0.1, 0.15) is 26.2 Å². The SMILES string of the molecule is CCN1C(=O)N[C@H]2CS[C@@H](CNCCOCCOCCOCCOCCC(=O)ON3C(=O)CCC3=O)[C@H]21. The highest BCUT2D eigenvalue weighted by Crippen LogP contribution is 2.34. The van der Waals surface area contributed by atoms with Crippen molar-refractivity contribution >= 4 is 35.6 Å². The Bertz CT molecular complexity index is 758. The third-order valence-corrected chi connectivity index (χ3v) is 7.51. The third kappa shape index (κ3) is 9.37. The second-order valence-electron chi connectivity index (χ2n) is 8.65. The predicted molar refractivity (Wildman–Crippen MR) is 133 cm³/mol. The molecule has 3 saturated heterocycles. The minimum absolute atomic E-state index is 0.0534. The largest absolute Gasteiger partial charge is 0.378 e. The summed E-state index contributed by atoms with van der Waals surface area (Å²) in [5.41, 5.74) is 0. The van der Waals surface area contributed by atoms with E-state index in [1.807, 2.05) is 23.6 Å². The molecule has 13 nitrogen and oxygen atoms in total. The maximum absolute atomic E-state index is 12.0. The van der Waals surface area contributed by atoms with Crippen molar-refractivity contribution in [1.82, 2.24) is 20.6 Å². The van der Waals surface area contributed by atoms with Crippen molar-refractivity contribution in [3.8, 4) is 0 Å². The molecular weight excluding hydrogens is 508 g/mol. The van der Waals surface area contributed by atoms with Crippen LogP contribution in [0.15, 0.2) is 0 Å². The van der Waals surface area contributed by atoms with E-state index in [0.717, 1.165) is 25.4 Å². The molecule has 0 aromatic heterocycles. The molecule has 0 aliphatic carbocycles. The lowest BCUT2D eigenvalue weighted by atomic mass is 10.1. The number of fused-ring (bicyclic) bond motifs is 1. The predicted octanol–water partition coefficient (Wildman–Crippen LogP) is -0.463. The Balaban J connectivity index is 1.04. The van der Waals surface area contributed by atoms with Gasteiger partial charge in [-0.1, -0.05) is 0 Å². The summed E-state index contributed by atoms with van der Waals surface area (Å²) in [4.78, 5) is 53.0. The Morgan fingerprint density at radius 3 is 2.16 bits per heavy atom. The molecule has 3 aliphatic heterocycles. The number of nitrogens with one attached hydrogen (secondary N) is 2. The number of likely N-dealkylation sites (N-methyl/N-ethyl adjacent to an activating group) is 1. The van der Waals surface area contributed by atoms with Gasteiger partial charge in [-0.25, -0.2) is 9.59 Å². The van der Waals surface area contributed by atoms with E-state index in [9.17, 15) is 19.2 Å². The molecule has 3 fully saturated rings. The van der Waals surface area contributed by atoms with Crippen LogP contribution in [0.25, 0.3) is 0 Å². The Hall–Kier alpha value is -1.97. The van der Waals surface area contributed by atoms with Gasteiger partial charge in [0.15, 0.2) is 0 Å². The van der Waals surface area contributed by atoms with Gasteiger partial charge in [-0.3, -0.25) is 9.59 Å². The highest BCUT2D eigenvalue weighted by molar-refractivity contribution is 8.00. The monoisotopic (exact) mass is 546 g/mol. The number of hydroxylamine groups is 2. The molecule has 37 heavy (non-hydrogen) atoms. The number of carbonyl (C=O) groups excluding carboxylic acids is 4. The van der Waals surface area contributed by atoms with Crippen LogP contribution in [0.5, 0.6) is 0 Å². The molecule has 2 N–H and O–H groups in total. The molecule has 0 bridgehead atoms. The summed E-state index contributed by atoms with van der Waals surface area (Å²) in [6.07, 6.45) is 0.0692. The summed E-state index contributed by atoms with van der Waals surface area (Å²) in [6.45, 7) is 7.53. The van der Waals surface area contributed by atoms with Crippen molar-refractivity contribution in [3.05, 3.63) is 0 Å². The topological polar surface area (TPSA) is 145 Å². The van der Waals surface area contributed by atoms with Crippen LogP contribution in [0.4, 0.5) is 4.79 Å². The molecular formula is C23H38N4O9S. The van der Waals surface area contributed by atoms with E-state index in [0.29, 0.717) is 56.6 Å². The first-order valence-corrected chi connectivity index (χ1v) is 13.8. The zero-order valence-corrected chi connectivity index (χ0v) is 22.1. The molecule has 0 aromatic rings. The van der Waals surface area contributed by atoms with E-state index < -0.39 is 17.8 Å². The summed E-state index contributed by atoms with van der Waals surface area (Å²) in [6, 6.07) is 0.577. The lowest BCUT2D eigenvalue weighted by molar-refractivity contribution is -0.198. The van der Waals surface area contributed by atoms with Gasteiger partial charge in [0.25, 0.3) is 11.8 Å². The van der Waals surface area contributed by atoms with Gasteiger partial charge in [0.2, 0.25) is 0 Å². The van der Waals surface area contributed by atoms with E-state index in [-0.39, 0.29) is 44.0 Å². The fraction of sp³-hybridized carbons (Fsp3) is 0.826. The first-order valence-electron chi connectivity index (χ1n) is 12.8. The van der Waals surface area contributed by atoms with Crippen LogP contribution < -0.4 is 10.6 Å². The van der Waals surface area contributed by atoms with Crippen molar-refractivity contribution in [3.63, 3.8) is 0 Å². The van der Waals surface area contributed by atoms with Crippen molar-refractivity contribution in [1.29, 1.82) is 0 Å². The van der Waals surface area contributed by atoms with E-state index in [1.54, 1.807) is 0 Å². The van der Waals surface area contributed by atoms with Gasteiger partial charge in [-0.05, 0) is 6.92 Å². The smallest absolute Gasteiger partial charge is 0.335 e. The third-order valence-electron chi connectivity index (χ3n) is 6.09. The van der Waals surface area contributed by atoms with Crippen LogP contribution in [-0.4, -0.2) is 129 Å². The second kappa shape index (κ2) is 16.1. The highest BCUT2D eigenvalue weighted by Gasteiger charge is 2.47. The van der Waals surface area contributed by atoms with Crippen LogP contribution >= 0.6 is 11.8 Å². The number of nitrogens with zero attached hydrogens (tertiary/aromatic N) is 2. The van der Waals surface area contributed by atoms with Gasteiger partial charge in [0.05, 0.1) is 71.4 Å². The molecule has 0 spiro atoms. The van der Waals surface area contributed by atoms with Gasteiger partial charge >= 0.3 is 12.0 Å². The molecule has 14 heteroatoms. The van der Waals surface area contributed by atoms with Crippen LogP contribution in [0, 0.1) is 0 Å². The Morgan fingerprint density at radius 1 is 0.946 bits per heavy atom. The number of hydrogen-bond acceptors (Lipinski definition) is 11. The van der Waals surface area contributed by atoms with Gasteiger partial charge in [-0.15, -0.1) is 5.06 Å². The summed E-state index contributed by atoms with van der Waals surface area (Å²) >= 11 is 1.91. The molecule has 3 heterocycles. The Kier molecular flexibility index (Phi) is 12.9. The standard InChI is InChI=1S/C23H38N4O9S/c1-2-26-22-17(25-23(26)31)16-37-18(22)15-24-6-8-33-10-12-35-14-13-34-11-9-32-7-5-21(30)36-27-19(28)3-4-20(27)29/h17-18,22,24H,2-16H2,1H3,(H,25,31)/t17-,18-,22-/m0/s1. The zero-order chi connectivity index (χ0) is 26.5. The fourth-order valence-electron chi connectivity index (χ4n) is 4.25. The zero-order valence-electron chi connectivity index (χ0n) is 21.3. The molecule has 3 aliphatic rings. The van der Waals surface area contributed by atoms with E-state index in [2.05, 4.69) is 10.6 Å². The summed E-state index contributed by atoms with van der Waals surface area (Å²) in [5.74, 6) is -0.732. The first-order chi connectivity index (χ1) is 18.0. The molecule has 0 unspecified atom stereocenters. The number of thioether (sulfide) groups is 1. The molecule has 3 rings (SSSR count). The summed E-state index contributed by atoms with van der Waals surface area (Å²) in [5, 5.41) is 7.41. The number of urea groups is 1. The van der Waals surface area contributed by atoms with Crippen LogP contribution in [-0.2, 0) is 38.2 Å². The van der Waals surface area contributed by atoms with Crippen LogP contribution in [0.2, 0.25) is 0 Å². The number of rotatable bonds is 19. The fourth-order valence-corrected chi connectivity index (χ4v) is 5.76. The maximum Gasteiger partial charge on any atom is 0.335 e. The molecule has 3 atom stereocenters. The van der Waals surface area contributed by atoms with Gasteiger partial charge in [-0.2, -0.15) is 11.8 Å². The molecule has 0 saturated carbocycles. The van der Waals surface area contributed by atoms with Crippen molar-refractivity contribution in [2.24, 2.45) is 0 Å². The van der Waals surface area contributed by atoms with Gasteiger partial charge < -0.3 is 39.3 Å². The van der Waals surface area contributed by atoms with Crippen molar-refractivity contribution in [2.45, 2.75) is 43.5 Å².